The highest BCUT2D eigenvalue weighted by Crippen LogP contribution is 2.32. The zero-order valence-corrected chi connectivity index (χ0v) is 10.8. The summed E-state index contributed by atoms with van der Waals surface area (Å²) in [6.07, 6.45) is 3.08. The van der Waals surface area contributed by atoms with E-state index in [0.717, 1.165) is 17.6 Å². The normalized spacial score (nSPS) is 14.9. The van der Waals surface area contributed by atoms with E-state index in [1.807, 2.05) is 24.3 Å². The van der Waals surface area contributed by atoms with E-state index in [1.54, 1.807) is 0 Å². The highest BCUT2D eigenvalue weighted by molar-refractivity contribution is 7.80. The van der Waals surface area contributed by atoms with Crippen LogP contribution in [0.1, 0.15) is 19.3 Å². The number of nitrogens with zero attached hydrogens (tertiary/aromatic N) is 2. The summed E-state index contributed by atoms with van der Waals surface area (Å²) in [6.45, 7) is 0.785. The largest absolute Gasteiger partial charge is 0.423 e. The van der Waals surface area contributed by atoms with Crippen molar-refractivity contribution in [3.05, 3.63) is 24.3 Å². The highest BCUT2D eigenvalue weighted by atomic mass is 32.1. The minimum absolute atomic E-state index is 0.535. The molecule has 4 nitrogen and oxygen atoms in total. The first-order valence-electron chi connectivity index (χ1n) is 6.14. The van der Waals surface area contributed by atoms with Crippen LogP contribution in [-0.4, -0.2) is 22.6 Å². The second-order valence-electron chi connectivity index (χ2n) is 4.61. The molecule has 0 spiro atoms. The fourth-order valence-corrected chi connectivity index (χ4v) is 2.13. The lowest BCUT2D eigenvalue weighted by Crippen LogP contribution is -2.29. The lowest BCUT2D eigenvalue weighted by Gasteiger charge is -2.19. The van der Waals surface area contributed by atoms with E-state index in [9.17, 15) is 0 Å². The van der Waals surface area contributed by atoms with Crippen molar-refractivity contribution < 1.29 is 4.42 Å². The van der Waals surface area contributed by atoms with Crippen LogP contribution in [0.25, 0.3) is 11.1 Å². The van der Waals surface area contributed by atoms with Crippen molar-refractivity contribution >= 4 is 34.3 Å². The Morgan fingerprint density at radius 2 is 2.22 bits per heavy atom. The fraction of sp³-hybridized carbons (Fsp3) is 0.385. The number of hydrogen-bond donors (Lipinski definition) is 1. The van der Waals surface area contributed by atoms with E-state index in [0.29, 0.717) is 23.5 Å². The van der Waals surface area contributed by atoms with Crippen molar-refractivity contribution in [1.82, 2.24) is 4.98 Å². The fourth-order valence-electron chi connectivity index (χ4n) is 2.03. The molecule has 0 aliphatic heterocycles. The van der Waals surface area contributed by atoms with Gasteiger partial charge in [0.2, 0.25) is 0 Å². The molecule has 1 aromatic heterocycles. The number of thiocarbonyl (C=S) groups is 1. The topological polar surface area (TPSA) is 55.3 Å². The average Bonchev–Trinajstić information content (AvgIpc) is 3.08. The van der Waals surface area contributed by atoms with Gasteiger partial charge in [-0.2, -0.15) is 4.98 Å². The van der Waals surface area contributed by atoms with E-state index in [-0.39, 0.29) is 0 Å². The third-order valence-electron chi connectivity index (χ3n) is 3.12. The molecule has 1 heterocycles. The van der Waals surface area contributed by atoms with Crippen molar-refractivity contribution in [2.45, 2.75) is 25.3 Å². The van der Waals surface area contributed by atoms with Crippen LogP contribution in [0.5, 0.6) is 0 Å². The molecule has 0 saturated heterocycles. The molecular weight excluding hydrogens is 246 g/mol. The number of nitrogens with two attached hydrogens (primary N) is 1. The van der Waals surface area contributed by atoms with E-state index < -0.39 is 0 Å². The van der Waals surface area contributed by atoms with E-state index in [1.165, 1.54) is 12.8 Å². The first-order valence-corrected chi connectivity index (χ1v) is 6.55. The molecule has 5 heteroatoms. The summed E-state index contributed by atoms with van der Waals surface area (Å²) in [7, 11) is 0. The summed E-state index contributed by atoms with van der Waals surface area (Å²) in [6, 6.07) is 9.03. The summed E-state index contributed by atoms with van der Waals surface area (Å²) in [5.74, 6) is 0. The predicted octanol–water partition coefficient (Wildman–Crippen LogP) is 2.47. The lowest BCUT2D eigenvalue weighted by atomic mass is 10.3. The van der Waals surface area contributed by atoms with Crippen molar-refractivity contribution in [3.8, 4) is 0 Å². The molecular formula is C13H15N3OS. The van der Waals surface area contributed by atoms with Gasteiger partial charge in [-0.15, -0.1) is 0 Å². The Morgan fingerprint density at radius 3 is 2.89 bits per heavy atom. The standard InChI is InChI=1S/C13H15N3OS/c14-12(18)7-8-16(9-5-6-9)13-15-10-3-1-2-4-11(10)17-13/h1-4,9H,5-8H2,(H2,14,18). The molecule has 1 fully saturated rings. The van der Waals surface area contributed by atoms with Crippen molar-refractivity contribution in [1.29, 1.82) is 0 Å². The second kappa shape index (κ2) is 4.57. The minimum Gasteiger partial charge on any atom is -0.423 e. The van der Waals surface area contributed by atoms with Gasteiger partial charge < -0.3 is 15.1 Å². The van der Waals surface area contributed by atoms with Gasteiger partial charge in [-0.25, -0.2) is 0 Å². The highest BCUT2D eigenvalue weighted by Gasteiger charge is 2.31. The van der Waals surface area contributed by atoms with Gasteiger partial charge in [0.15, 0.2) is 5.58 Å². The third kappa shape index (κ3) is 2.31. The summed E-state index contributed by atoms with van der Waals surface area (Å²) in [5, 5.41) is 0. The molecule has 1 aromatic carbocycles. The number of para-hydroxylation sites is 2. The van der Waals surface area contributed by atoms with Gasteiger partial charge in [0.25, 0.3) is 6.01 Å². The second-order valence-corrected chi connectivity index (χ2v) is 5.13. The van der Waals surface area contributed by atoms with Gasteiger partial charge in [0, 0.05) is 19.0 Å². The molecule has 2 aromatic rings. The SMILES string of the molecule is NC(=S)CCN(c1nc2ccccc2o1)C1CC1. The Hall–Kier alpha value is -1.62. The van der Waals surface area contributed by atoms with E-state index >= 15 is 0 Å². The monoisotopic (exact) mass is 261 g/mol. The number of aromatic nitrogens is 1. The molecule has 0 radical (unpaired) electrons. The molecule has 0 atom stereocenters. The van der Waals surface area contributed by atoms with E-state index in [4.69, 9.17) is 22.4 Å². The van der Waals surface area contributed by atoms with Gasteiger partial charge in [-0.1, -0.05) is 24.4 Å². The first-order chi connectivity index (χ1) is 8.74. The Balaban J connectivity index is 1.86. The van der Waals surface area contributed by atoms with Crippen molar-refractivity contribution in [2.24, 2.45) is 5.73 Å². The zero-order valence-electron chi connectivity index (χ0n) is 10.0. The van der Waals surface area contributed by atoms with Crippen LogP contribution in [0, 0.1) is 0 Å². The smallest absolute Gasteiger partial charge is 0.298 e. The Labute approximate surface area is 111 Å². The van der Waals surface area contributed by atoms with Crippen LogP contribution in [0.15, 0.2) is 28.7 Å². The van der Waals surface area contributed by atoms with Crippen molar-refractivity contribution in [3.63, 3.8) is 0 Å². The Kier molecular flexibility index (Phi) is 2.91. The number of oxazole rings is 1. The van der Waals surface area contributed by atoms with Gasteiger partial charge in [-0.3, -0.25) is 0 Å². The Morgan fingerprint density at radius 1 is 1.44 bits per heavy atom. The van der Waals surface area contributed by atoms with Gasteiger partial charge in [0.05, 0.1) is 4.99 Å². The maximum atomic E-state index is 5.79. The molecule has 1 saturated carbocycles. The van der Waals surface area contributed by atoms with Crippen LogP contribution in [0.3, 0.4) is 0 Å². The Bertz CT molecular complexity index is 543. The summed E-state index contributed by atoms with van der Waals surface area (Å²) in [4.78, 5) is 7.25. The maximum absolute atomic E-state index is 5.79. The average molecular weight is 261 g/mol. The summed E-state index contributed by atoms with van der Waals surface area (Å²) >= 11 is 4.94. The summed E-state index contributed by atoms with van der Waals surface area (Å²) in [5.41, 5.74) is 7.29. The maximum Gasteiger partial charge on any atom is 0.298 e. The molecule has 18 heavy (non-hydrogen) atoms. The molecule has 0 amide bonds. The molecule has 94 valence electrons. The number of fused-ring (bicyclic) bond motifs is 1. The quantitative estimate of drug-likeness (QED) is 0.838. The first kappa shape index (κ1) is 11.5. The van der Waals surface area contributed by atoms with Crippen LogP contribution < -0.4 is 10.6 Å². The van der Waals surface area contributed by atoms with Gasteiger partial charge in [0.1, 0.15) is 5.52 Å². The van der Waals surface area contributed by atoms with Crippen LogP contribution in [0.4, 0.5) is 6.01 Å². The van der Waals surface area contributed by atoms with Gasteiger partial charge in [-0.05, 0) is 25.0 Å². The number of hydrogen-bond acceptors (Lipinski definition) is 4. The van der Waals surface area contributed by atoms with Crippen LogP contribution >= 0.6 is 12.2 Å². The molecule has 2 N–H and O–H groups in total. The van der Waals surface area contributed by atoms with Gasteiger partial charge >= 0.3 is 0 Å². The molecule has 1 aliphatic rings. The number of rotatable bonds is 5. The molecule has 0 bridgehead atoms. The molecule has 3 rings (SSSR count). The molecule has 0 unspecified atom stereocenters. The minimum atomic E-state index is 0.535. The number of anilines is 1. The number of benzene rings is 1. The van der Waals surface area contributed by atoms with Crippen LogP contribution in [-0.2, 0) is 0 Å². The third-order valence-corrected chi connectivity index (χ3v) is 3.32. The van der Waals surface area contributed by atoms with E-state index in [2.05, 4.69) is 9.88 Å². The summed E-state index contributed by atoms with van der Waals surface area (Å²) < 4.78 is 5.79. The lowest BCUT2D eigenvalue weighted by molar-refractivity contribution is 0.565. The molecule has 1 aliphatic carbocycles. The van der Waals surface area contributed by atoms with Crippen LogP contribution in [0.2, 0.25) is 0 Å². The zero-order chi connectivity index (χ0) is 12.5. The van der Waals surface area contributed by atoms with Crippen molar-refractivity contribution in [2.75, 3.05) is 11.4 Å². The predicted molar refractivity (Wildman–Crippen MR) is 75.8 cm³/mol.